The molecule has 1 aliphatic heterocycles. The lowest BCUT2D eigenvalue weighted by Crippen LogP contribution is -2.64. The highest BCUT2D eigenvalue weighted by atomic mass is 35.5. The topological polar surface area (TPSA) is 144 Å². The number of benzene rings is 3. The lowest BCUT2D eigenvalue weighted by Gasteiger charge is -2.42. The largest absolute Gasteiger partial charge is 0.368 e. The molecule has 0 bridgehead atoms. The number of hydrogen-bond acceptors (Lipinski definition) is 6. The fourth-order valence-electron chi connectivity index (χ4n) is 6.63. The van der Waals surface area contributed by atoms with E-state index in [4.69, 9.17) is 28.9 Å². The molecule has 9 nitrogen and oxygen atoms in total. The molecule has 12 heteroatoms. The molecule has 2 aliphatic rings. The Kier molecular flexibility index (Phi) is 9.63. The van der Waals surface area contributed by atoms with Crippen molar-refractivity contribution in [2.45, 2.75) is 66.7 Å². The molecule has 242 valence electrons. The van der Waals surface area contributed by atoms with Crippen molar-refractivity contribution in [3.63, 3.8) is 0 Å². The highest BCUT2D eigenvalue weighted by Crippen LogP contribution is 2.53. The lowest BCUT2D eigenvalue weighted by atomic mass is 9.74. The quantitative estimate of drug-likeness (QED) is 0.267. The van der Waals surface area contributed by atoms with E-state index in [1.165, 1.54) is 23.1 Å². The van der Waals surface area contributed by atoms with Gasteiger partial charge in [0.2, 0.25) is 17.6 Å². The maximum Gasteiger partial charge on any atom is 0.288 e. The van der Waals surface area contributed by atoms with E-state index in [2.05, 4.69) is 5.32 Å². The van der Waals surface area contributed by atoms with Crippen molar-refractivity contribution in [2.24, 2.45) is 11.7 Å². The zero-order chi connectivity index (χ0) is 33.3. The van der Waals surface area contributed by atoms with Crippen molar-refractivity contribution < 1.29 is 27.6 Å². The summed E-state index contributed by atoms with van der Waals surface area (Å²) in [6.45, 7) is 1.41. The van der Waals surface area contributed by atoms with Gasteiger partial charge in [-0.25, -0.2) is 8.42 Å². The molecule has 3 aromatic rings. The molecule has 3 aromatic carbocycles. The molecule has 1 heterocycles. The fraction of sp³-hybridized carbons (Fsp3) is 0.353. The number of likely N-dealkylation sites (tertiary alicyclic amines) is 1. The monoisotopic (exact) mass is 683 g/mol. The number of sulfone groups is 1. The number of nitrogens with one attached hydrogen (secondary N) is 1. The van der Waals surface area contributed by atoms with Gasteiger partial charge >= 0.3 is 0 Å². The van der Waals surface area contributed by atoms with Gasteiger partial charge in [-0.3, -0.25) is 19.2 Å². The second kappa shape index (κ2) is 13.2. The van der Waals surface area contributed by atoms with E-state index < -0.39 is 68.4 Å². The maximum atomic E-state index is 14.7. The number of primary amides is 1. The number of rotatable bonds is 12. The molecule has 3 N–H and O–H groups in total. The first-order chi connectivity index (χ1) is 21.9. The second-order valence-electron chi connectivity index (χ2n) is 12.0. The van der Waals surface area contributed by atoms with Crippen LogP contribution in [0.15, 0.2) is 83.8 Å². The van der Waals surface area contributed by atoms with Gasteiger partial charge in [-0.2, -0.15) is 0 Å². The van der Waals surface area contributed by atoms with Crippen LogP contribution in [-0.2, 0) is 41.0 Å². The highest BCUT2D eigenvalue weighted by Gasteiger charge is 2.65. The molecule has 46 heavy (non-hydrogen) atoms. The Bertz CT molecular complexity index is 1760. The summed E-state index contributed by atoms with van der Waals surface area (Å²) in [5, 5.41) is 1.75. The predicted octanol–water partition coefficient (Wildman–Crippen LogP) is 4.63. The smallest absolute Gasteiger partial charge is 0.288 e. The molecule has 1 saturated heterocycles. The normalized spacial score (nSPS) is 20.9. The van der Waals surface area contributed by atoms with Crippen molar-refractivity contribution in [2.75, 3.05) is 6.54 Å². The van der Waals surface area contributed by atoms with Gasteiger partial charge in [0.15, 0.2) is 9.84 Å². The summed E-state index contributed by atoms with van der Waals surface area (Å²) in [7, 11) is -4.24. The van der Waals surface area contributed by atoms with E-state index in [1.807, 2.05) is 6.07 Å². The first-order valence-electron chi connectivity index (χ1n) is 15.1. The molecule has 3 atom stereocenters. The van der Waals surface area contributed by atoms with Crippen LogP contribution in [0, 0.1) is 5.92 Å². The summed E-state index contributed by atoms with van der Waals surface area (Å²) >= 11 is 12.4. The molecular formula is C34H35Cl2N3O6S. The van der Waals surface area contributed by atoms with Gasteiger partial charge in [-0.05, 0) is 61.1 Å². The minimum Gasteiger partial charge on any atom is -0.368 e. The van der Waals surface area contributed by atoms with Crippen molar-refractivity contribution in [1.29, 1.82) is 0 Å². The van der Waals surface area contributed by atoms with Crippen LogP contribution in [0.2, 0.25) is 10.0 Å². The van der Waals surface area contributed by atoms with Crippen LogP contribution in [0.5, 0.6) is 0 Å². The summed E-state index contributed by atoms with van der Waals surface area (Å²) in [4.78, 5) is 56.9. The van der Waals surface area contributed by atoms with Gasteiger partial charge in [0.1, 0.15) is 5.54 Å². The molecule has 2 unspecified atom stereocenters. The number of ketones is 1. The molecule has 0 aromatic heterocycles. The maximum absolute atomic E-state index is 14.7. The third kappa shape index (κ3) is 6.06. The minimum absolute atomic E-state index is 0.0110. The molecule has 1 aliphatic carbocycles. The third-order valence-electron chi connectivity index (χ3n) is 9.21. The van der Waals surface area contributed by atoms with Crippen molar-refractivity contribution in [3.05, 3.63) is 100 Å². The predicted molar refractivity (Wildman–Crippen MR) is 175 cm³/mol. The standard InChI is InChI=1S/C34H35Cl2N3O6S/c1-2-8-26(29(40)30(41)38-20-22-9-4-3-5-10-22)34(31(37)42)19-25(46(44,45)28-12-7-6-11-27(28)36)21-39(34)32(43)33(17-18-33)23-13-15-24(35)16-14-23/h3-7,9-16,25-26H,2,8,17-21H2,1H3,(H2,37,42)(H,38,41)/t25?,26-,34?/m1/s1. The molecular weight excluding hydrogens is 649 g/mol. The van der Waals surface area contributed by atoms with Crippen LogP contribution in [0.4, 0.5) is 0 Å². The summed E-state index contributed by atoms with van der Waals surface area (Å²) < 4.78 is 28.2. The average Bonchev–Trinajstić information content (AvgIpc) is 3.75. The van der Waals surface area contributed by atoms with Gasteiger partial charge in [-0.1, -0.05) is 91.1 Å². The Morgan fingerprint density at radius 1 is 0.957 bits per heavy atom. The van der Waals surface area contributed by atoms with E-state index in [0.29, 0.717) is 29.8 Å². The zero-order valence-corrected chi connectivity index (χ0v) is 27.6. The first-order valence-corrected chi connectivity index (χ1v) is 17.4. The van der Waals surface area contributed by atoms with E-state index >= 15 is 0 Å². The number of nitrogens with two attached hydrogens (primary N) is 1. The average molecular weight is 685 g/mol. The summed E-state index contributed by atoms with van der Waals surface area (Å²) in [6.07, 6.45) is 0.761. The number of carbonyl (C=O) groups excluding carboxylic acids is 4. The summed E-state index contributed by atoms with van der Waals surface area (Å²) in [5.41, 5.74) is 4.37. The zero-order valence-electron chi connectivity index (χ0n) is 25.2. The van der Waals surface area contributed by atoms with Crippen LogP contribution in [0.25, 0.3) is 0 Å². The number of amides is 3. The van der Waals surface area contributed by atoms with E-state index in [-0.39, 0.29) is 22.9 Å². The van der Waals surface area contributed by atoms with Crippen molar-refractivity contribution in [3.8, 4) is 0 Å². The van der Waals surface area contributed by atoms with Crippen LogP contribution in [0.1, 0.15) is 50.2 Å². The van der Waals surface area contributed by atoms with Gasteiger partial charge in [0.25, 0.3) is 5.91 Å². The van der Waals surface area contributed by atoms with E-state index in [1.54, 1.807) is 61.5 Å². The lowest BCUT2D eigenvalue weighted by molar-refractivity contribution is -0.155. The Morgan fingerprint density at radius 3 is 2.17 bits per heavy atom. The van der Waals surface area contributed by atoms with Gasteiger partial charge < -0.3 is 16.0 Å². The molecule has 0 radical (unpaired) electrons. The number of hydrogen-bond donors (Lipinski definition) is 2. The van der Waals surface area contributed by atoms with Crippen molar-refractivity contribution in [1.82, 2.24) is 10.2 Å². The number of halogens is 2. The first kappa shape index (κ1) is 33.6. The molecule has 3 amide bonds. The Hall–Kier alpha value is -3.73. The molecule has 2 fully saturated rings. The number of carbonyl (C=O) groups is 4. The van der Waals surface area contributed by atoms with Crippen LogP contribution < -0.4 is 11.1 Å². The van der Waals surface area contributed by atoms with Gasteiger partial charge in [0, 0.05) is 18.1 Å². The van der Waals surface area contributed by atoms with Crippen LogP contribution in [-0.4, -0.2) is 54.2 Å². The SMILES string of the molecule is CCC[C@H](C(=O)C(=O)NCc1ccccc1)C1(C(N)=O)CC(S(=O)(=O)c2ccccc2Cl)CN1C(=O)C1(c2ccc(Cl)cc2)CC1. The molecule has 1 saturated carbocycles. The Labute approximate surface area is 278 Å². The molecule has 0 spiro atoms. The summed E-state index contributed by atoms with van der Waals surface area (Å²) in [6, 6.07) is 21.6. The number of nitrogens with zero attached hydrogens (tertiary/aromatic N) is 1. The van der Waals surface area contributed by atoms with E-state index in [9.17, 15) is 27.6 Å². The van der Waals surface area contributed by atoms with Gasteiger partial charge in [0.05, 0.1) is 26.5 Å². The highest BCUT2D eigenvalue weighted by molar-refractivity contribution is 7.92. The third-order valence-corrected chi connectivity index (χ3v) is 12.1. The van der Waals surface area contributed by atoms with E-state index in [0.717, 1.165) is 5.56 Å². The number of Topliss-reactive ketones (excluding diaryl/α,β-unsaturated/α-hetero) is 1. The fourth-order valence-corrected chi connectivity index (χ4v) is 9.00. The summed E-state index contributed by atoms with van der Waals surface area (Å²) in [5.74, 6) is -4.87. The van der Waals surface area contributed by atoms with Crippen molar-refractivity contribution >= 4 is 56.5 Å². The molecule has 5 rings (SSSR count). The second-order valence-corrected chi connectivity index (χ2v) is 15.0. The van der Waals surface area contributed by atoms with Crippen LogP contribution in [0.3, 0.4) is 0 Å². The minimum atomic E-state index is -4.24. The van der Waals surface area contributed by atoms with Gasteiger partial charge in [-0.15, -0.1) is 0 Å². The Balaban J connectivity index is 1.59. The van der Waals surface area contributed by atoms with Crippen LogP contribution >= 0.6 is 23.2 Å². The Morgan fingerprint density at radius 2 is 1.59 bits per heavy atom.